The molecule has 1 aromatic carbocycles. The van der Waals surface area contributed by atoms with E-state index in [-0.39, 0.29) is 11.5 Å². The molecule has 2 nitrogen and oxygen atoms in total. The van der Waals surface area contributed by atoms with Crippen molar-refractivity contribution in [2.45, 2.75) is 19.2 Å². The molecule has 0 aromatic heterocycles. The Balaban J connectivity index is 2.94. The SMILES string of the molecule is CC(=O)Cc1cc(O)cc(CCl)c1. The van der Waals surface area contributed by atoms with Gasteiger partial charge in [0.25, 0.3) is 0 Å². The zero-order chi connectivity index (χ0) is 9.84. The molecule has 0 aliphatic carbocycles. The number of phenols is 1. The van der Waals surface area contributed by atoms with Crippen molar-refractivity contribution in [3.8, 4) is 5.75 Å². The number of hydrogen-bond acceptors (Lipinski definition) is 2. The number of carbonyl (C=O) groups is 1. The molecule has 13 heavy (non-hydrogen) atoms. The maximum atomic E-state index is 10.8. The third-order valence-corrected chi connectivity index (χ3v) is 1.95. The van der Waals surface area contributed by atoms with E-state index in [0.717, 1.165) is 11.1 Å². The molecule has 3 heteroatoms. The number of aromatic hydroxyl groups is 1. The van der Waals surface area contributed by atoms with E-state index in [1.165, 1.54) is 6.92 Å². The van der Waals surface area contributed by atoms with Gasteiger partial charge in [-0.15, -0.1) is 11.6 Å². The minimum atomic E-state index is 0.0751. The lowest BCUT2D eigenvalue weighted by Gasteiger charge is -2.02. The van der Waals surface area contributed by atoms with Crippen LogP contribution in [-0.2, 0) is 17.1 Å². The van der Waals surface area contributed by atoms with Crippen molar-refractivity contribution in [3.63, 3.8) is 0 Å². The van der Waals surface area contributed by atoms with E-state index in [9.17, 15) is 9.90 Å². The Kier molecular flexibility index (Phi) is 3.32. The first kappa shape index (κ1) is 10.1. The predicted molar refractivity (Wildman–Crippen MR) is 52.0 cm³/mol. The lowest BCUT2D eigenvalue weighted by atomic mass is 10.1. The lowest BCUT2D eigenvalue weighted by Crippen LogP contribution is -1.96. The van der Waals surface area contributed by atoms with Crippen molar-refractivity contribution in [1.82, 2.24) is 0 Å². The summed E-state index contributed by atoms with van der Waals surface area (Å²) in [7, 11) is 0. The molecule has 1 N–H and O–H groups in total. The number of halogens is 1. The highest BCUT2D eigenvalue weighted by atomic mass is 35.5. The van der Waals surface area contributed by atoms with Crippen LogP contribution in [-0.4, -0.2) is 10.9 Å². The largest absolute Gasteiger partial charge is 0.508 e. The number of phenolic OH excluding ortho intramolecular Hbond substituents is 1. The van der Waals surface area contributed by atoms with Crippen LogP contribution in [0, 0.1) is 0 Å². The van der Waals surface area contributed by atoms with Crippen LogP contribution in [0.1, 0.15) is 18.1 Å². The topological polar surface area (TPSA) is 37.3 Å². The summed E-state index contributed by atoms with van der Waals surface area (Å²) in [5, 5.41) is 9.27. The number of alkyl halides is 1. The third-order valence-electron chi connectivity index (χ3n) is 1.64. The summed E-state index contributed by atoms with van der Waals surface area (Å²) in [5.41, 5.74) is 1.64. The van der Waals surface area contributed by atoms with Gasteiger partial charge in [0.05, 0.1) is 0 Å². The van der Waals surface area contributed by atoms with E-state index in [2.05, 4.69) is 0 Å². The molecule has 70 valence electrons. The Morgan fingerprint density at radius 1 is 1.38 bits per heavy atom. The van der Waals surface area contributed by atoms with Gasteiger partial charge in [0.1, 0.15) is 11.5 Å². The second-order valence-electron chi connectivity index (χ2n) is 3.02. The molecule has 0 saturated carbocycles. The van der Waals surface area contributed by atoms with Crippen LogP contribution >= 0.6 is 11.6 Å². The zero-order valence-electron chi connectivity index (χ0n) is 7.38. The number of carbonyl (C=O) groups excluding carboxylic acids is 1. The van der Waals surface area contributed by atoms with Gasteiger partial charge in [-0.2, -0.15) is 0 Å². The van der Waals surface area contributed by atoms with Gasteiger partial charge in [0, 0.05) is 12.3 Å². The molecule has 0 unspecified atom stereocenters. The van der Waals surface area contributed by atoms with E-state index in [1.807, 2.05) is 6.07 Å². The van der Waals surface area contributed by atoms with E-state index in [0.29, 0.717) is 12.3 Å². The van der Waals surface area contributed by atoms with Crippen molar-refractivity contribution in [3.05, 3.63) is 29.3 Å². The van der Waals surface area contributed by atoms with Crippen molar-refractivity contribution in [1.29, 1.82) is 0 Å². The molecule has 0 atom stereocenters. The predicted octanol–water partition coefficient (Wildman–Crippen LogP) is 2.26. The second kappa shape index (κ2) is 4.28. The maximum Gasteiger partial charge on any atom is 0.134 e. The first-order chi connectivity index (χ1) is 6.11. The normalized spacial score (nSPS) is 10.0. The summed E-state index contributed by atoms with van der Waals surface area (Å²) in [5.74, 6) is 0.583. The Bertz CT molecular complexity index is 321. The average molecular weight is 199 g/mol. The summed E-state index contributed by atoms with van der Waals surface area (Å²) in [6.45, 7) is 1.52. The fraction of sp³-hybridized carbons (Fsp3) is 0.300. The highest BCUT2D eigenvalue weighted by molar-refractivity contribution is 6.17. The van der Waals surface area contributed by atoms with Gasteiger partial charge in [-0.25, -0.2) is 0 Å². The fourth-order valence-electron chi connectivity index (χ4n) is 1.21. The van der Waals surface area contributed by atoms with Crippen LogP contribution in [0.3, 0.4) is 0 Å². The molecule has 0 aliphatic heterocycles. The first-order valence-corrected chi connectivity index (χ1v) is 4.52. The number of hydrogen-bond donors (Lipinski definition) is 1. The standard InChI is InChI=1S/C10H11ClO2/c1-7(12)2-8-3-9(6-11)5-10(13)4-8/h3-5,13H,2,6H2,1H3. The van der Waals surface area contributed by atoms with Gasteiger partial charge in [0.2, 0.25) is 0 Å². The molecule has 0 spiro atoms. The smallest absolute Gasteiger partial charge is 0.134 e. The van der Waals surface area contributed by atoms with Gasteiger partial charge in [-0.3, -0.25) is 4.79 Å². The second-order valence-corrected chi connectivity index (χ2v) is 3.29. The molecule has 0 amide bonds. The van der Waals surface area contributed by atoms with Crippen molar-refractivity contribution in [2.75, 3.05) is 0 Å². The van der Waals surface area contributed by atoms with E-state index in [4.69, 9.17) is 11.6 Å². The number of rotatable bonds is 3. The van der Waals surface area contributed by atoms with Crippen LogP contribution in [0.15, 0.2) is 18.2 Å². The monoisotopic (exact) mass is 198 g/mol. The number of Topliss-reactive ketones (excluding diaryl/α,β-unsaturated/α-hetero) is 1. The van der Waals surface area contributed by atoms with E-state index < -0.39 is 0 Å². The quantitative estimate of drug-likeness (QED) is 0.757. The molecule has 0 fully saturated rings. The molecule has 0 bridgehead atoms. The molecule has 0 aliphatic rings. The van der Waals surface area contributed by atoms with Gasteiger partial charge in [-0.05, 0) is 30.2 Å². The van der Waals surface area contributed by atoms with Crippen LogP contribution in [0.5, 0.6) is 5.75 Å². The summed E-state index contributed by atoms with van der Waals surface area (Å²) in [6.07, 6.45) is 0.346. The summed E-state index contributed by atoms with van der Waals surface area (Å²) >= 11 is 5.61. The van der Waals surface area contributed by atoms with Crippen LogP contribution in [0.2, 0.25) is 0 Å². The van der Waals surface area contributed by atoms with Gasteiger partial charge in [-0.1, -0.05) is 6.07 Å². The fourth-order valence-corrected chi connectivity index (χ4v) is 1.36. The molecular formula is C10H11ClO2. The zero-order valence-corrected chi connectivity index (χ0v) is 8.14. The van der Waals surface area contributed by atoms with Crippen molar-refractivity contribution >= 4 is 17.4 Å². The van der Waals surface area contributed by atoms with Crippen LogP contribution < -0.4 is 0 Å². The first-order valence-electron chi connectivity index (χ1n) is 3.99. The van der Waals surface area contributed by atoms with Gasteiger partial charge in [0.15, 0.2) is 0 Å². The Hall–Kier alpha value is -1.02. The van der Waals surface area contributed by atoms with E-state index in [1.54, 1.807) is 12.1 Å². The third kappa shape index (κ3) is 3.07. The molecule has 1 aromatic rings. The molecule has 0 saturated heterocycles. The minimum Gasteiger partial charge on any atom is -0.508 e. The number of benzene rings is 1. The average Bonchev–Trinajstić information content (AvgIpc) is 2.01. The summed E-state index contributed by atoms with van der Waals surface area (Å²) in [4.78, 5) is 10.8. The summed E-state index contributed by atoms with van der Waals surface area (Å²) in [6, 6.07) is 5.00. The van der Waals surface area contributed by atoms with E-state index >= 15 is 0 Å². The van der Waals surface area contributed by atoms with Gasteiger partial charge >= 0.3 is 0 Å². The highest BCUT2D eigenvalue weighted by Gasteiger charge is 2.01. The highest BCUT2D eigenvalue weighted by Crippen LogP contribution is 2.17. The van der Waals surface area contributed by atoms with Gasteiger partial charge < -0.3 is 5.11 Å². The molecule has 1 rings (SSSR count). The molecule has 0 radical (unpaired) electrons. The Morgan fingerprint density at radius 2 is 2.00 bits per heavy atom. The van der Waals surface area contributed by atoms with Crippen LogP contribution in [0.25, 0.3) is 0 Å². The Labute approximate surface area is 82.2 Å². The summed E-state index contributed by atoms with van der Waals surface area (Å²) < 4.78 is 0. The van der Waals surface area contributed by atoms with Crippen molar-refractivity contribution in [2.24, 2.45) is 0 Å². The lowest BCUT2D eigenvalue weighted by molar-refractivity contribution is -0.116. The number of ketones is 1. The Morgan fingerprint density at radius 3 is 2.54 bits per heavy atom. The minimum absolute atomic E-state index is 0.0751. The van der Waals surface area contributed by atoms with Crippen LogP contribution in [0.4, 0.5) is 0 Å². The molecule has 0 heterocycles. The van der Waals surface area contributed by atoms with Crippen molar-refractivity contribution < 1.29 is 9.90 Å². The maximum absolute atomic E-state index is 10.8. The molecular weight excluding hydrogens is 188 g/mol.